The van der Waals surface area contributed by atoms with E-state index in [1.807, 2.05) is 18.2 Å². The summed E-state index contributed by atoms with van der Waals surface area (Å²) in [6, 6.07) is 9.88. The average Bonchev–Trinajstić information content (AvgIpc) is 2.72. The minimum absolute atomic E-state index is 0.0862. The molecule has 1 aromatic rings. The molecule has 6 nitrogen and oxygen atoms in total. The summed E-state index contributed by atoms with van der Waals surface area (Å²) >= 11 is 0. The van der Waals surface area contributed by atoms with Gasteiger partial charge in [-0.3, -0.25) is 9.69 Å². The maximum atomic E-state index is 12.9. The first-order valence-electron chi connectivity index (χ1n) is 9.42. The van der Waals surface area contributed by atoms with Gasteiger partial charge in [0, 0.05) is 31.7 Å². The van der Waals surface area contributed by atoms with Crippen LogP contribution >= 0.6 is 0 Å². The van der Waals surface area contributed by atoms with Crippen LogP contribution in [0.5, 0.6) is 0 Å². The topological polar surface area (TPSA) is 67.9 Å². The van der Waals surface area contributed by atoms with E-state index in [2.05, 4.69) is 17.4 Å². The molecule has 1 N–H and O–H groups in total. The molecular weight excluding hydrogens is 332 g/mol. The molecule has 6 heteroatoms. The zero-order valence-electron chi connectivity index (χ0n) is 15.4. The molecule has 1 aromatic carbocycles. The number of ether oxygens (including phenoxy) is 2. The third-order valence-corrected chi connectivity index (χ3v) is 5.65. The highest BCUT2D eigenvalue weighted by atomic mass is 16.5. The van der Waals surface area contributed by atoms with Crippen LogP contribution in [0.3, 0.4) is 0 Å². The molecule has 2 amide bonds. The molecular formula is C20H28N2O4. The number of amides is 2. The quantitative estimate of drug-likeness (QED) is 0.896. The SMILES string of the molecule is COC(=O)N1CCCCC1C(=O)NCC1(c2ccccc2)CCOCC1. The summed E-state index contributed by atoms with van der Waals surface area (Å²) in [5.41, 5.74) is 1.12. The number of nitrogens with zero attached hydrogens (tertiary/aromatic N) is 1. The van der Waals surface area contributed by atoms with E-state index in [1.54, 1.807) is 4.90 Å². The van der Waals surface area contributed by atoms with E-state index in [9.17, 15) is 9.59 Å². The Labute approximate surface area is 154 Å². The fourth-order valence-corrected chi connectivity index (χ4v) is 4.04. The molecule has 142 valence electrons. The van der Waals surface area contributed by atoms with Crippen molar-refractivity contribution in [3.8, 4) is 0 Å². The minimum Gasteiger partial charge on any atom is -0.453 e. The van der Waals surface area contributed by atoms with Crippen LogP contribution in [-0.4, -0.2) is 56.4 Å². The molecule has 1 unspecified atom stereocenters. The molecule has 0 aliphatic carbocycles. The second-order valence-electron chi connectivity index (χ2n) is 7.15. The number of rotatable bonds is 4. The first-order valence-corrected chi connectivity index (χ1v) is 9.42. The number of piperidine rings is 1. The van der Waals surface area contributed by atoms with E-state index < -0.39 is 12.1 Å². The van der Waals surface area contributed by atoms with Crippen LogP contribution in [0.4, 0.5) is 4.79 Å². The van der Waals surface area contributed by atoms with Gasteiger partial charge >= 0.3 is 6.09 Å². The molecule has 2 aliphatic heterocycles. The van der Waals surface area contributed by atoms with Crippen LogP contribution in [0.2, 0.25) is 0 Å². The Morgan fingerprint density at radius 1 is 1.23 bits per heavy atom. The normalized spacial score (nSPS) is 22.5. The van der Waals surface area contributed by atoms with Crippen molar-refractivity contribution in [3.63, 3.8) is 0 Å². The van der Waals surface area contributed by atoms with Gasteiger partial charge in [0.15, 0.2) is 0 Å². The average molecular weight is 360 g/mol. The fourth-order valence-electron chi connectivity index (χ4n) is 4.04. The molecule has 2 heterocycles. The molecule has 0 radical (unpaired) electrons. The van der Waals surface area contributed by atoms with Gasteiger partial charge in [-0.2, -0.15) is 0 Å². The summed E-state index contributed by atoms with van der Waals surface area (Å²) in [7, 11) is 1.36. The van der Waals surface area contributed by atoms with E-state index in [-0.39, 0.29) is 11.3 Å². The number of carbonyl (C=O) groups is 2. The number of likely N-dealkylation sites (tertiary alicyclic amines) is 1. The first kappa shape index (κ1) is 18.7. The fraction of sp³-hybridized carbons (Fsp3) is 0.600. The van der Waals surface area contributed by atoms with Crippen molar-refractivity contribution in [2.24, 2.45) is 0 Å². The van der Waals surface area contributed by atoms with Crippen molar-refractivity contribution >= 4 is 12.0 Å². The predicted octanol–water partition coefficient (Wildman–Crippen LogP) is 2.47. The van der Waals surface area contributed by atoms with E-state index in [1.165, 1.54) is 12.7 Å². The zero-order chi connectivity index (χ0) is 18.4. The molecule has 1 atom stereocenters. The number of hydrogen-bond acceptors (Lipinski definition) is 4. The molecule has 0 aromatic heterocycles. The van der Waals surface area contributed by atoms with E-state index >= 15 is 0 Å². The Balaban J connectivity index is 1.70. The second-order valence-corrected chi connectivity index (χ2v) is 7.15. The van der Waals surface area contributed by atoms with Gasteiger partial charge in [0.2, 0.25) is 5.91 Å². The Morgan fingerprint density at radius 3 is 2.65 bits per heavy atom. The number of methoxy groups -OCH3 is 1. The van der Waals surface area contributed by atoms with Gasteiger partial charge < -0.3 is 14.8 Å². The Bertz CT molecular complexity index is 613. The summed E-state index contributed by atoms with van der Waals surface area (Å²) in [4.78, 5) is 26.4. The standard InChI is InChI=1S/C20H28N2O4/c1-25-19(24)22-12-6-5-9-17(22)18(23)21-15-20(10-13-26-14-11-20)16-7-3-2-4-8-16/h2-4,7-8,17H,5-6,9-15H2,1H3,(H,21,23). The Kier molecular flexibility index (Phi) is 6.14. The van der Waals surface area contributed by atoms with Crippen LogP contribution in [-0.2, 0) is 19.7 Å². The van der Waals surface area contributed by atoms with Gasteiger partial charge in [-0.1, -0.05) is 30.3 Å². The molecule has 2 fully saturated rings. The molecule has 26 heavy (non-hydrogen) atoms. The lowest BCUT2D eigenvalue weighted by molar-refractivity contribution is -0.127. The highest BCUT2D eigenvalue weighted by molar-refractivity contribution is 5.85. The second kappa shape index (κ2) is 8.54. The van der Waals surface area contributed by atoms with Gasteiger partial charge in [-0.25, -0.2) is 4.79 Å². The van der Waals surface area contributed by atoms with Crippen molar-refractivity contribution in [3.05, 3.63) is 35.9 Å². The molecule has 0 bridgehead atoms. The van der Waals surface area contributed by atoms with Crippen molar-refractivity contribution in [1.82, 2.24) is 10.2 Å². The third-order valence-electron chi connectivity index (χ3n) is 5.65. The van der Waals surface area contributed by atoms with Crippen LogP contribution in [0.25, 0.3) is 0 Å². The number of hydrogen-bond donors (Lipinski definition) is 1. The highest BCUT2D eigenvalue weighted by Gasteiger charge is 2.37. The lowest BCUT2D eigenvalue weighted by atomic mass is 9.74. The summed E-state index contributed by atoms with van der Waals surface area (Å²) in [6.07, 6.45) is 3.87. The lowest BCUT2D eigenvalue weighted by Crippen LogP contribution is -2.54. The first-order chi connectivity index (χ1) is 12.7. The summed E-state index contributed by atoms with van der Waals surface area (Å²) in [6.45, 7) is 2.53. The lowest BCUT2D eigenvalue weighted by Gasteiger charge is -2.39. The van der Waals surface area contributed by atoms with Crippen molar-refractivity contribution in [1.29, 1.82) is 0 Å². The zero-order valence-corrected chi connectivity index (χ0v) is 15.4. The Morgan fingerprint density at radius 2 is 1.96 bits per heavy atom. The van der Waals surface area contributed by atoms with Gasteiger partial charge in [0.05, 0.1) is 7.11 Å². The Hall–Kier alpha value is -2.08. The summed E-state index contributed by atoms with van der Waals surface area (Å²) < 4.78 is 10.4. The summed E-state index contributed by atoms with van der Waals surface area (Å²) in [5.74, 6) is -0.0862. The van der Waals surface area contributed by atoms with Crippen LogP contribution in [0, 0.1) is 0 Å². The van der Waals surface area contributed by atoms with Crippen LogP contribution < -0.4 is 5.32 Å². The number of carbonyl (C=O) groups excluding carboxylic acids is 2. The third kappa shape index (κ3) is 4.01. The number of benzene rings is 1. The van der Waals surface area contributed by atoms with Gasteiger partial charge in [0.25, 0.3) is 0 Å². The van der Waals surface area contributed by atoms with Gasteiger partial charge in [0.1, 0.15) is 6.04 Å². The highest BCUT2D eigenvalue weighted by Crippen LogP contribution is 2.34. The largest absolute Gasteiger partial charge is 0.453 e. The number of nitrogens with one attached hydrogen (secondary N) is 1. The smallest absolute Gasteiger partial charge is 0.410 e. The van der Waals surface area contributed by atoms with Crippen LogP contribution in [0.15, 0.2) is 30.3 Å². The molecule has 0 saturated carbocycles. The van der Waals surface area contributed by atoms with E-state index in [4.69, 9.17) is 9.47 Å². The molecule has 2 saturated heterocycles. The monoisotopic (exact) mass is 360 g/mol. The maximum absolute atomic E-state index is 12.9. The van der Waals surface area contributed by atoms with E-state index in [0.29, 0.717) is 32.7 Å². The van der Waals surface area contributed by atoms with Gasteiger partial charge in [-0.15, -0.1) is 0 Å². The van der Waals surface area contributed by atoms with E-state index in [0.717, 1.165) is 25.7 Å². The van der Waals surface area contributed by atoms with Crippen molar-refractivity contribution < 1.29 is 19.1 Å². The molecule has 2 aliphatic rings. The van der Waals surface area contributed by atoms with Gasteiger partial charge in [-0.05, 0) is 37.7 Å². The van der Waals surface area contributed by atoms with Crippen LogP contribution in [0.1, 0.15) is 37.7 Å². The van der Waals surface area contributed by atoms with Crippen molar-refractivity contribution in [2.45, 2.75) is 43.6 Å². The predicted molar refractivity (Wildman–Crippen MR) is 97.9 cm³/mol. The molecule has 3 rings (SSSR count). The maximum Gasteiger partial charge on any atom is 0.410 e. The molecule has 0 spiro atoms. The van der Waals surface area contributed by atoms with Crippen molar-refractivity contribution in [2.75, 3.05) is 33.4 Å². The minimum atomic E-state index is -0.441. The summed E-state index contributed by atoms with van der Waals surface area (Å²) in [5, 5.41) is 3.13.